The summed E-state index contributed by atoms with van der Waals surface area (Å²) in [6, 6.07) is 0. The Balaban J connectivity index is 3.61. The minimum absolute atomic E-state index is 0.000693. The Morgan fingerprint density at radius 2 is 0.739 bits per heavy atom. The van der Waals surface area contributed by atoms with Gasteiger partial charge in [0.2, 0.25) is 0 Å². The van der Waals surface area contributed by atoms with E-state index in [1.165, 1.54) is 193 Å². The highest BCUT2D eigenvalue weighted by atomic mass is 16.5. The molecule has 0 heterocycles. The Morgan fingerprint density at radius 1 is 0.435 bits per heavy atom. The molecule has 0 amide bonds. The summed E-state index contributed by atoms with van der Waals surface area (Å²) >= 11 is 0. The summed E-state index contributed by atoms with van der Waals surface area (Å²) in [5.74, 6) is 0. The highest BCUT2D eigenvalue weighted by molar-refractivity contribution is 4.67. The molecule has 0 aromatic rings. The maximum absolute atomic E-state index is 10.3. The van der Waals surface area contributed by atoms with Gasteiger partial charge in [0.05, 0.1) is 18.8 Å². The predicted molar refractivity (Wildman–Crippen MR) is 204 cm³/mol. The molecule has 0 radical (unpaired) electrons. The van der Waals surface area contributed by atoms with Gasteiger partial charge in [-0.1, -0.05) is 206 Å². The number of unbranched alkanes of at least 4 members (excludes halogenated alkanes) is 30. The average Bonchev–Trinajstić information content (AvgIpc) is 3.05. The van der Waals surface area contributed by atoms with E-state index in [2.05, 4.69) is 19.2 Å². The summed E-state index contributed by atoms with van der Waals surface area (Å²) in [4.78, 5) is 0. The van der Waals surface area contributed by atoms with Crippen molar-refractivity contribution in [2.45, 2.75) is 238 Å². The molecule has 0 aromatic carbocycles. The van der Waals surface area contributed by atoms with E-state index in [1.54, 1.807) is 0 Å². The molecule has 0 spiro atoms. The molecule has 0 aliphatic carbocycles. The number of hydrogen-bond donors (Lipinski definition) is 2. The summed E-state index contributed by atoms with van der Waals surface area (Å²) in [5, 5.41) is 13.4. The number of aliphatic hydroxyl groups excluding tert-OH is 1. The Bertz CT molecular complexity index is 531. The molecular weight excluding hydrogens is 566 g/mol. The van der Waals surface area contributed by atoms with Crippen molar-refractivity contribution in [2.75, 3.05) is 33.4 Å². The normalized spacial score (nSPS) is 13.0. The van der Waals surface area contributed by atoms with Crippen molar-refractivity contribution in [3.63, 3.8) is 0 Å². The van der Waals surface area contributed by atoms with Crippen molar-refractivity contribution in [3.8, 4) is 0 Å². The van der Waals surface area contributed by atoms with Gasteiger partial charge in [0.1, 0.15) is 0 Å². The molecule has 2 unspecified atom stereocenters. The quantitative estimate of drug-likeness (QED) is 0.0645. The molecule has 0 rings (SSSR count). The van der Waals surface area contributed by atoms with E-state index in [4.69, 9.17) is 9.47 Å². The zero-order valence-electron chi connectivity index (χ0n) is 32.1. The predicted octanol–water partition coefficient (Wildman–Crippen LogP) is 12.9. The van der Waals surface area contributed by atoms with E-state index in [0.29, 0.717) is 19.6 Å². The molecule has 0 aliphatic rings. The molecule has 0 saturated heterocycles. The van der Waals surface area contributed by atoms with E-state index in [9.17, 15) is 5.11 Å². The van der Waals surface area contributed by atoms with E-state index in [0.717, 1.165) is 26.1 Å². The van der Waals surface area contributed by atoms with Gasteiger partial charge in [-0.3, -0.25) is 0 Å². The van der Waals surface area contributed by atoms with Crippen LogP contribution in [0.4, 0.5) is 0 Å². The van der Waals surface area contributed by atoms with E-state index in [1.807, 2.05) is 7.05 Å². The molecule has 4 heteroatoms. The molecule has 4 nitrogen and oxygen atoms in total. The third kappa shape index (κ3) is 38.3. The first-order chi connectivity index (χ1) is 22.7. The van der Waals surface area contributed by atoms with Crippen LogP contribution in [0.2, 0.25) is 0 Å². The molecule has 0 saturated carbocycles. The number of likely N-dealkylation sites (N-methyl/N-ethyl adjacent to an activating group) is 1. The van der Waals surface area contributed by atoms with Gasteiger partial charge >= 0.3 is 0 Å². The number of ether oxygens (including phenoxy) is 2. The monoisotopic (exact) mass is 654 g/mol. The van der Waals surface area contributed by atoms with E-state index < -0.39 is 0 Å². The van der Waals surface area contributed by atoms with Crippen LogP contribution in [-0.2, 0) is 9.47 Å². The van der Waals surface area contributed by atoms with Gasteiger partial charge in [-0.25, -0.2) is 0 Å². The number of hydrogen-bond acceptors (Lipinski definition) is 4. The Hall–Kier alpha value is -0.160. The fraction of sp³-hybridized carbons (Fsp3) is 1.00. The minimum Gasteiger partial charge on any atom is -0.392 e. The average molecular weight is 654 g/mol. The topological polar surface area (TPSA) is 50.7 Å². The van der Waals surface area contributed by atoms with Crippen molar-refractivity contribution in [2.24, 2.45) is 0 Å². The van der Waals surface area contributed by atoms with Crippen LogP contribution in [-0.4, -0.2) is 50.7 Å². The van der Waals surface area contributed by atoms with E-state index >= 15 is 0 Å². The van der Waals surface area contributed by atoms with Crippen LogP contribution < -0.4 is 5.32 Å². The molecule has 0 fully saturated rings. The number of rotatable bonds is 41. The zero-order valence-corrected chi connectivity index (χ0v) is 32.1. The zero-order chi connectivity index (χ0) is 33.4. The van der Waals surface area contributed by atoms with Gasteiger partial charge < -0.3 is 19.9 Å². The lowest BCUT2D eigenvalue weighted by Gasteiger charge is -2.21. The van der Waals surface area contributed by atoms with Gasteiger partial charge in [-0.05, 0) is 19.9 Å². The lowest BCUT2D eigenvalue weighted by molar-refractivity contribution is -0.0406. The third-order valence-electron chi connectivity index (χ3n) is 9.77. The molecule has 2 N–H and O–H groups in total. The smallest absolute Gasteiger partial charge is 0.0833 e. The number of aliphatic hydroxyl groups is 1. The standard InChI is InChI=1S/C42H87NO3/c1-4-6-8-10-12-14-16-18-20-22-24-26-28-30-32-34-36-45-40-42(38-41(44)39-43-3)46-37-35-33-31-29-27-25-23-21-19-17-15-13-11-9-7-5-2/h41-44H,4-40H2,1-3H3. The molecule has 46 heavy (non-hydrogen) atoms. The fourth-order valence-electron chi connectivity index (χ4n) is 6.67. The van der Waals surface area contributed by atoms with Crippen molar-refractivity contribution >= 4 is 0 Å². The Kier molecular flexibility index (Phi) is 40.9. The van der Waals surface area contributed by atoms with Crippen molar-refractivity contribution in [1.29, 1.82) is 0 Å². The summed E-state index contributed by atoms with van der Waals surface area (Å²) in [7, 11) is 1.89. The summed E-state index contributed by atoms with van der Waals surface area (Å²) in [6.45, 7) is 7.42. The van der Waals surface area contributed by atoms with Crippen LogP contribution in [0.15, 0.2) is 0 Å². The maximum Gasteiger partial charge on any atom is 0.0833 e. The summed E-state index contributed by atoms with van der Waals surface area (Å²) in [6.07, 6.45) is 44.7. The molecular formula is C42H87NO3. The van der Waals surface area contributed by atoms with Crippen molar-refractivity contribution in [1.82, 2.24) is 5.32 Å². The first kappa shape index (κ1) is 45.8. The summed E-state index contributed by atoms with van der Waals surface area (Å²) < 4.78 is 12.2. The van der Waals surface area contributed by atoms with Gasteiger partial charge in [-0.2, -0.15) is 0 Å². The van der Waals surface area contributed by atoms with Crippen LogP contribution in [0, 0.1) is 0 Å². The summed E-state index contributed by atoms with van der Waals surface area (Å²) in [5.41, 5.74) is 0. The maximum atomic E-state index is 10.3. The number of nitrogens with one attached hydrogen (secondary N) is 1. The second-order valence-electron chi connectivity index (χ2n) is 14.6. The van der Waals surface area contributed by atoms with Gasteiger partial charge in [-0.15, -0.1) is 0 Å². The van der Waals surface area contributed by atoms with Crippen molar-refractivity contribution in [3.05, 3.63) is 0 Å². The van der Waals surface area contributed by atoms with Crippen LogP contribution in [0.3, 0.4) is 0 Å². The Morgan fingerprint density at radius 3 is 1.07 bits per heavy atom. The molecule has 278 valence electrons. The fourth-order valence-corrected chi connectivity index (χ4v) is 6.67. The van der Waals surface area contributed by atoms with Crippen molar-refractivity contribution < 1.29 is 14.6 Å². The van der Waals surface area contributed by atoms with Crippen LogP contribution in [0.1, 0.15) is 226 Å². The van der Waals surface area contributed by atoms with Gasteiger partial charge in [0, 0.05) is 26.2 Å². The second-order valence-corrected chi connectivity index (χ2v) is 14.6. The highest BCUT2D eigenvalue weighted by Gasteiger charge is 2.15. The van der Waals surface area contributed by atoms with Gasteiger partial charge in [0.15, 0.2) is 0 Å². The van der Waals surface area contributed by atoms with Crippen LogP contribution in [0.25, 0.3) is 0 Å². The Labute approximate surface area is 290 Å². The molecule has 0 bridgehead atoms. The minimum atomic E-state index is -0.375. The lowest BCUT2D eigenvalue weighted by atomic mass is 10.0. The molecule has 2 atom stereocenters. The lowest BCUT2D eigenvalue weighted by Crippen LogP contribution is -2.31. The SMILES string of the molecule is CCCCCCCCCCCCCCCCCCOCC(CC(O)CNC)OCCCCCCCCCCCCCCCCCC. The highest BCUT2D eigenvalue weighted by Crippen LogP contribution is 2.16. The van der Waals surface area contributed by atoms with Crippen LogP contribution in [0.5, 0.6) is 0 Å². The van der Waals surface area contributed by atoms with E-state index in [-0.39, 0.29) is 12.2 Å². The first-order valence-corrected chi connectivity index (χ1v) is 21.3. The first-order valence-electron chi connectivity index (χ1n) is 21.3. The third-order valence-corrected chi connectivity index (χ3v) is 9.77. The van der Waals surface area contributed by atoms with Gasteiger partial charge in [0.25, 0.3) is 0 Å². The van der Waals surface area contributed by atoms with Crippen LogP contribution >= 0.6 is 0 Å². The molecule has 0 aromatic heterocycles. The largest absolute Gasteiger partial charge is 0.392 e. The molecule has 0 aliphatic heterocycles. The second kappa shape index (κ2) is 41.0.